The lowest BCUT2D eigenvalue weighted by Gasteiger charge is -2.50. The zero-order valence-corrected chi connectivity index (χ0v) is 23.4. The highest BCUT2D eigenvalue weighted by Crippen LogP contribution is 2.48. The number of likely N-dealkylation sites (tertiary alicyclic amines) is 1. The first-order chi connectivity index (χ1) is 19.6. The molecule has 0 spiro atoms. The summed E-state index contributed by atoms with van der Waals surface area (Å²) < 4.78 is 21.0. The summed E-state index contributed by atoms with van der Waals surface area (Å²) in [6.45, 7) is 5.82. The van der Waals surface area contributed by atoms with Gasteiger partial charge in [-0.25, -0.2) is 4.39 Å². The Morgan fingerprint density at radius 2 is 2.02 bits per heavy atom. The standard InChI is InChI=1S/C29H30ClFN6O4/c1-28(2)15-36(14-17-3-4-19(22(30)11-17)26-33-16-41-35-26)10-8-29(28,40)21-5-6-23-20(25(21)31)12-18(13-32-23)37-9-7-24(38)34-27(37)39/h3-6,11-13,16,27,39-40H,7-10,14-15H2,1-2H3,(H,34,38). The second kappa shape index (κ2) is 10.3. The first-order valence-corrected chi connectivity index (χ1v) is 13.8. The summed E-state index contributed by atoms with van der Waals surface area (Å²) >= 11 is 6.50. The molecule has 0 radical (unpaired) electrons. The van der Waals surface area contributed by atoms with Crippen LogP contribution in [0.2, 0.25) is 5.02 Å². The molecule has 214 valence electrons. The molecule has 2 unspecified atom stereocenters. The minimum absolute atomic E-state index is 0.206. The normalized spacial score (nSPS) is 23.1. The number of rotatable bonds is 5. The van der Waals surface area contributed by atoms with Gasteiger partial charge in [0, 0.05) is 54.5 Å². The van der Waals surface area contributed by atoms with Crippen LogP contribution in [0, 0.1) is 11.2 Å². The molecule has 12 heteroatoms. The molecule has 2 saturated heterocycles. The summed E-state index contributed by atoms with van der Waals surface area (Å²) in [4.78, 5) is 23.8. The van der Waals surface area contributed by atoms with Gasteiger partial charge in [-0.3, -0.25) is 14.7 Å². The monoisotopic (exact) mass is 580 g/mol. The number of amides is 1. The maximum absolute atomic E-state index is 16.2. The van der Waals surface area contributed by atoms with E-state index in [0.717, 1.165) is 5.56 Å². The number of halogens is 2. The molecule has 0 aliphatic carbocycles. The van der Waals surface area contributed by atoms with Crippen molar-refractivity contribution >= 4 is 34.1 Å². The summed E-state index contributed by atoms with van der Waals surface area (Å²) in [6, 6.07) is 10.6. The first-order valence-electron chi connectivity index (χ1n) is 13.4. The smallest absolute Gasteiger partial charge is 0.225 e. The Bertz CT molecular complexity index is 1620. The molecular formula is C29H30ClFN6O4. The zero-order valence-electron chi connectivity index (χ0n) is 22.6. The number of carbonyl (C=O) groups excluding carboxylic acids is 1. The highest BCUT2D eigenvalue weighted by Gasteiger charge is 2.50. The van der Waals surface area contributed by atoms with E-state index in [0.29, 0.717) is 53.7 Å². The Balaban J connectivity index is 1.24. The van der Waals surface area contributed by atoms with E-state index < -0.39 is 23.2 Å². The molecule has 2 aromatic carbocycles. The van der Waals surface area contributed by atoms with Gasteiger partial charge in [0.25, 0.3) is 0 Å². The molecule has 2 atom stereocenters. The molecule has 1 amide bonds. The Labute approximate surface area is 240 Å². The first kappa shape index (κ1) is 27.5. The van der Waals surface area contributed by atoms with Crippen molar-refractivity contribution < 1.29 is 23.9 Å². The van der Waals surface area contributed by atoms with Crippen molar-refractivity contribution in [2.75, 3.05) is 24.5 Å². The Hall–Kier alpha value is -3.64. The topological polar surface area (TPSA) is 128 Å². The van der Waals surface area contributed by atoms with E-state index in [9.17, 15) is 15.0 Å². The van der Waals surface area contributed by atoms with Crippen molar-refractivity contribution in [3.05, 3.63) is 71.0 Å². The SMILES string of the molecule is CC1(C)CN(Cc2ccc(-c3ncon3)c(Cl)c2)CCC1(O)c1ccc2ncc(N3CCC(=O)NC3O)cc2c1F. The number of carbonyl (C=O) groups is 1. The lowest BCUT2D eigenvalue weighted by molar-refractivity contribution is -0.128. The van der Waals surface area contributed by atoms with Gasteiger partial charge in [-0.1, -0.05) is 42.7 Å². The summed E-state index contributed by atoms with van der Waals surface area (Å²) in [5, 5.41) is 29.4. The number of aliphatic hydroxyl groups is 2. The van der Waals surface area contributed by atoms with Gasteiger partial charge in [-0.2, -0.15) is 4.98 Å². The van der Waals surface area contributed by atoms with Crippen molar-refractivity contribution in [2.24, 2.45) is 5.41 Å². The number of hydrogen-bond acceptors (Lipinski definition) is 9. The van der Waals surface area contributed by atoms with Crippen molar-refractivity contribution in [2.45, 2.75) is 45.2 Å². The van der Waals surface area contributed by atoms with Gasteiger partial charge in [-0.15, -0.1) is 0 Å². The maximum atomic E-state index is 16.2. The van der Waals surface area contributed by atoms with Crippen LogP contribution < -0.4 is 10.2 Å². The van der Waals surface area contributed by atoms with Crippen LogP contribution in [0.3, 0.4) is 0 Å². The van der Waals surface area contributed by atoms with E-state index in [1.54, 1.807) is 29.3 Å². The van der Waals surface area contributed by atoms with Crippen molar-refractivity contribution in [3.63, 3.8) is 0 Å². The average molecular weight is 581 g/mol. The predicted octanol–water partition coefficient (Wildman–Crippen LogP) is 3.80. The second-order valence-corrected chi connectivity index (χ2v) is 11.8. The van der Waals surface area contributed by atoms with Crippen LogP contribution in [-0.2, 0) is 16.9 Å². The van der Waals surface area contributed by atoms with Crippen LogP contribution in [0.25, 0.3) is 22.3 Å². The highest BCUT2D eigenvalue weighted by molar-refractivity contribution is 6.33. The van der Waals surface area contributed by atoms with E-state index in [4.69, 9.17) is 16.1 Å². The van der Waals surface area contributed by atoms with E-state index >= 15 is 4.39 Å². The number of benzene rings is 2. The van der Waals surface area contributed by atoms with Crippen LogP contribution in [-0.4, -0.2) is 62.1 Å². The van der Waals surface area contributed by atoms with Gasteiger partial charge in [-0.05, 0) is 36.2 Å². The molecule has 0 bridgehead atoms. The van der Waals surface area contributed by atoms with Crippen LogP contribution in [0.5, 0.6) is 0 Å². The summed E-state index contributed by atoms with van der Waals surface area (Å²) in [5.41, 5.74) is 0.671. The number of anilines is 1. The number of nitrogens with one attached hydrogen (secondary N) is 1. The zero-order chi connectivity index (χ0) is 28.9. The molecule has 0 saturated carbocycles. The largest absolute Gasteiger partial charge is 0.384 e. The van der Waals surface area contributed by atoms with E-state index in [1.165, 1.54) is 6.39 Å². The number of pyridine rings is 1. The molecule has 4 heterocycles. The average Bonchev–Trinajstić information content (AvgIpc) is 3.46. The van der Waals surface area contributed by atoms with Crippen molar-refractivity contribution in [3.8, 4) is 11.4 Å². The Morgan fingerprint density at radius 3 is 2.73 bits per heavy atom. The maximum Gasteiger partial charge on any atom is 0.225 e. The van der Waals surface area contributed by atoms with Gasteiger partial charge in [0.1, 0.15) is 5.82 Å². The number of nitrogens with zero attached hydrogens (tertiary/aromatic N) is 5. The quantitative estimate of drug-likeness (QED) is 0.323. The van der Waals surface area contributed by atoms with Crippen LogP contribution in [0.1, 0.15) is 37.8 Å². The van der Waals surface area contributed by atoms with Gasteiger partial charge < -0.3 is 25.0 Å². The number of piperidine rings is 1. The van der Waals surface area contributed by atoms with Crippen molar-refractivity contribution in [1.29, 1.82) is 0 Å². The van der Waals surface area contributed by atoms with Crippen LogP contribution in [0.15, 0.2) is 53.5 Å². The third kappa shape index (κ3) is 4.93. The summed E-state index contributed by atoms with van der Waals surface area (Å²) in [7, 11) is 0. The third-order valence-corrected chi connectivity index (χ3v) is 8.61. The molecule has 4 aromatic rings. The molecule has 3 N–H and O–H groups in total. The van der Waals surface area contributed by atoms with Gasteiger partial charge in [0.2, 0.25) is 24.5 Å². The Morgan fingerprint density at radius 1 is 1.20 bits per heavy atom. The number of aliphatic hydroxyl groups excluding tert-OH is 1. The molecule has 2 aliphatic heterocycles. The van der Waals surface area contributed by atoms with Crippen LogP contribution in [0.4, 0.5) is 10.1 Å². The molecule has 2 aliphatic rings. The molecule has 6 rings (SSSR count). The number of fused-ring (bicyclic) bond motifs is 1. The molecular weight excluding hydrogens is 551 g/mol. The van der Waals surface area contributed by atoms with Gasteiger partial charge >= 0.3 is 0 Å². The molecule has 2 aromatic heterocycles. The number of aromatic nitrogens is 3. The minimum atomic E-state index is -1.43. The summed E-state index contributed by atoms with van der Waals surface area (Å²) in [5.74, 6) is -0.375. The van der Waals surface area contributed by atoms with Gasteiger partial charge in [0.05, 0.1) is 28.0 Å². The summed E-state index contributed by atoms with van der Waals surface area (Å²) in [6.07, 6.45) is 2.10. The van der Waals surface area contributed by atoms with E-state index in [1.807, 2.05) is 32.0 Å². The Kier molecular flexibility index (Phi) is 6.93. The number of hydrogen-bond donors (Lipinski definition) is 3. The van der Waals surface area contributed by atoms with Crippen molar-refractivity contribution in [1.82, 2.24) is 25.3 Å². The highest BCUT2D eigenvalue weighted by atomic mass is 35.5. The fourth-order valence-corrected chi connectivity index (χ4v) is 6.27. The van der Waals surface area contributed by atoms with E-state index in [-0.39, 0.29) is 29.8 Å². The molecule has 2 fully saturated rings. The lowest BCUT2D eigenvalue weighted by atomic mass is 9.66. The fourth-order valence-electron chi connectivity index (χ4n) is 5.99. The predicted molar refractivity (Wildman–Crippen MR) is 150 cm³/mol. The lowest BCUT2D eigenvalue weighted by Crippen LogP contribution is -2.55. The fraction of sp³-hybridized carbons (Fsp3) is 0.379. The van der Waals surface area contributed by atoms with Crippen LogP contribution >= 0.6 is 11.6 Å². The minimum Gasteiger partial charge on any atom is -0.384 e. The molecule has 10 nitrogen and oxygen atoms in total. The molecule has 41 heavy (non-hydrogen) atoms. The van der Waals surface area contributed by atoms with Gasteiger partial charge in [0.15, 0.2) is 0 Å². The van der Waals surface area contributed by atoms with E-state index in [2.05, 4.69) is 25.3 Å². The second-order valence-electron chi connectivity index (χ2n) is 11.3. The third-order valence-electron chi connectivity index (χ3n) is 8.30.